The van der Waals surface area contributed by atoms with Gasteiger partial charge in [-0.15, -0.1) is 0 Å². The number of amides is 1. The molecule has 0 spiro atoms. The zero-order chi connectivity index (χ0) is 29.3. The quantitative estimate of drug-likeness (QED) is 0.297. The van der Waals surface area contributed by atoms with E-state index < -0.39 is 16.5 Å². The Morgan fingerprint density at radius 3 is 2.55 bits per heavy atom. The van der Waals surface area contributed by atoms with Crippen molar-refractivity contribution >= 4 is 44.9 Å². The van der Waals surface area contributed by atoms with E-state index in [2.05, 4.69) is 20.9 Å². The van der Waals surface area contributed by atoms with Crippen molar-refractivity contribution in [3.05, 3.63) is 87.0 Å². The first-order valence-corrected chi connectivity index (χ1v) is 13.9. The average molecular weight is 632 g/mol. The molecule has 1 amide bonds. The maximum atomic E-state index is 14.0. The zero-order valence-corrected chi connectivity index (χ0v) is 24.8. The summed E-state index contributed by atoms with van der Waals surface area (Å²) in [6.45, 7) is 6.38. The van der Waals surface area contributed by atoms with Gasteiger partial charge >= 0.3 is 0 Å². The highest BCUT2D eigenvalue weighted by Gasteiger charge is 2.36. The molecule has 2 aromatic carbocycles. The van der Waals surface area contributed by atoms with Gasteiger partial charge in [0, 0.05) is 36.3 Å². The maximum absolute atomic E-state index is 14.0. The van der Waals surface area contributed by atoms with E-state index in [9.17, 15) is 24.8 Å². The molecule has 40 heavy (non-hydrogen) atoms. The fourth-order valence-electron chi connectivity index (χ4n) is 4.59. The van der Waals surface area contributed by atoms with E-state index in [1.807, 2.05) is 13.8 Å². The SMILES string of the molecule is CCN(CC)C(=O)C1=C(C)N=c2s/c(=C/c3cc([N+](=O)[O-])cc(Br)c3O)c(=O)n2[C@H]1c1cc(OC)ccc1OC. The Labute approximate surface area is 241 Å². The summed E-state index contributed by atoms with van der Waals surface area (Å²) in [5, 5.41) is 22.0. The number of hydrogen-bond acceptors (Lipinski definition) is 9. The minimum Gasteiger partial charge on any atom is -0.506 e. The number of allylic oxidation sites excluding steroid dienone is 1. The van der Waals surface area contributed by atoms with Gasteiger partial charge in [0.25, 0.3) is 17.2 Å². The van der Waals surface area contributed by atoms with Crippen molar-refractivity contribution < 1.29 is 24.3 Å². The monoisotopic (exact) mass is 630 g/mol. The van der Waals surface area contributed by atoms with Crippen LogP contribution in [0.1, 0.15) is 37.9 Å². The van der Waals surface area contributed by atoms with E-state index in [1.165, 1.54) is 37.0 Å². The molecule has 3 aromatic rings. The van der Waals surface area contributed by atoms with Crippen LogP contribution in [0, 0.1) is 10.1 Å². The van der Waals surface area contributed by atoms with Crippen molar-refractivity contribution in [2.75, 3.05) is 27.3 Å². The Bertz CT molecular complexity index is 1720. The number of nitro groups is 1. The third kappa shape index (κ3) is 5.13. The number of aromatic hydroxyl groups is 1. The number of carbonyl (C=O) groups excluding carboxylic acids is 1. The molecule has 0 radical (unpaired) electrons. The fourth-order valence-corrected chi connectivity index (χ4v) is 6.09. The molecule has 0 unspecified atom stereocenters. The van der Waals surface area contributed by atoms with Gasteiger partial charge in [0.05, 0.1) is 39.4 Å². The number of rotatable bonds is 8. The van der Waals surface area contributed by atoms with Gasteiger partial charge in [-0.25, -0.2) is 4.99 Å². The Balaban J connectivity index is 2.05. The summed E-state index contributed by atoms with van der Waals surface area (Å²) in [5.41, 5.74) is 0.622. The molecular weight excluding hydrogens is 604 g/mol. The molecule has 0 saturated heterocycles. The van der Waals surface area contributed by atoms with Gasteiger partial charge in [0.2, 0.25) is 0 Å². The van der Waals surface area contributed by atoms with Crippen LogP contribution in [0.4, 0.5) is 5.69 Å². The molecular formula is C27H27BrN4O7S. The largest absolute Gasteiger partial charge is 0.506 e. The first kappa shape index (κ1) is 29.0. The van der Waals surface area contributed by atoms with Gasteiger partial charge in [0.1, 0.15) is 23.3 Å². The van der Waals surface area contributed by atoms with Crippen LogP contribution in [0.3, 0.4) is 0 Å². The van der Waals surface area contributed by atoms with Gasteiger partial charge in [-0.3, -0.25) is 24.3 Å². The minimum atomic E-state index is -0.901. The number of hydrogen-bond donors (Lipinski definition) is 1. The zero-order valence-electron chi connectivity index (χ0n) is 22.4. The molecule has 4 rings (SSSR count). The molecule has 1 aliphatic rings. The standard InChI is InChI=1S/C27H27BrN4O7S/c1-6-30(7-2)26(35)22-14(3)29-27-31(23(22)18-13-17(38-4)8-9-20(18)39-5)25(34)21(40-27)11-15-10-16(32(36)37)12-19(28)24(15)33/h8-13,23,33H,6-7H2,1-5H3/b21-11+/t23-/m0/s1. The van der Waals surface area contributed by atoms with Gasteiger partial charge < -0.3 is 19.5 Å². The number of halogens is 1. The van der Waals surface area contributed by atoms with Gasteiger partial charge in [0.15, 0.2) is 4.80 Å². The number of nitrogens with zero attached hydrogens (tertiary/aromatic N) is 4. The topological polar surface area (TPSA) is 137 Å². The number of likely N-dealkylation sites (N-methyl/N-ethyl adjacent to an activating group) is 1. The van der Waals surface area contributed by atoms with Crippen molar-refractivity contribution in [3.8, 4) is 17.2 Å². The smallest absolute Gasteiger partial charge is 0.271 e. The molecule has 13 heteroatoms. The highest BCUT2D eigenvalue weighted by atomic mass is 79.9. The molecule has 2 heterocycles. The molecule has 0 fully saturated rings. The second-order valence-electron chi connectivity index (χ2n) is 8.79. The lowest BCUT2D eigenvalue weighted by molar-refractivity contribution is -0.385. The number of aromatic nitrogens is 1. The van der Waals surface area contributed by atoms with E-state index >= 15 is 0 Å². The van der Waals surface area contributed by atoms with Gasteiger partial charge in [-0.05, 0) is 61.0 Å². The second-order valence-corrected chi connectivity index (χ2v) is 10.7. The molecule has 11 nitrogen and oxygen atoms in total. The number of benzene rings is 2. The lowest BCUT2D eigenvalue weighted by Crippen LogP contribution is -2.43. The van der Waals surface area contributed by atoms with E-state index in [1.54, 1.807) is 30.0 Å². The fraction of sp³-hybridized carbons (Fsp3) is 0.296. The van der Waals surface area contributed by atoms with Crippen LogP contribution in [-0.4, -0.2) is 52.7 Å². The van der Waals surface area contributed by atoms with Crippen molar-refractivity contribution in [2.45, 2.75) is 26.8 Å². The van der Waals surface area contributed by atoms with E-state index in [-0.39, 0.29) is 31.9 Å². The third-order valence-corrected chi connectivity index (χ3v) is 8.20. The number of non-ortho nitro benzene ring substituents is 1. The lowest BCUT2D eigenvalue weighted by atomic mass is 9.93. The molecule has 1 atom stereocenters. The van der Waals surface area contributed by atoms with Crippen LogP contribution in [-0.2, 0) is 4.79 Å². The summed E-state index contributed by atoms with van der Waals surface area (Å²) in [4.78, 5) is 45.2. The van der Waals surface area contributed by atoms with Crippen LogP contribution < -0.4 is 24.4 Å². The number of phenolic OH excluding ortho intramolecular Hbond substituents is 1. The van der Waals surface area contributed by atoms with Crippen LogP contribution in [0.5, 0.6) is 17.2 Å². The normalized spacial score (nSPS) is 14.9. The number of nitro benzene ring substituents is 1. The molecule has 0 saturated carbocycles. The first-order chi connectivity index (χ1) is 19.1. The highest BCUT2D eigenvalue weighted by Crippen LogP contribution is 2.38. The third-order valence-electron chi connectivity index (χ3n) is 6.61. The van der Waals surface area contributed by atoms with Crippen LogP contribution >= 0.6 is 27.3 Å². The summed E-state index contributed by atoms with van der Waals surface area (Å²) in [6.07, 6.45) is 1.38. The summed E-state index contributed by atoms with van der Waals surface area (Å²) >= 11 is 4.18. The van der Waals surface area contributed by atoms with Crippen molar-refractivity contribution in [2.24, 2.45) is 4.99 Å². The predicted molar refractivity (Wildman–Crippen MR) is 154 cm³/mol. The van der Waals surface area contributed by atoms with Crippen molar-refractivity contribution in [1.82, 2.24) is 9.47 Å². The molecule has 1 N–H and O–H groups in total. The number of carbonyl (C=O) groups is 1. The van der Waals surface area contributed by atoms with E-state index in [0.717, 1.165) is 11.3 Å². The van der Waals surface area contributed by atoms with Crippen LogP contribution in [0.2, 0.25) is 0 Å². The van der Waals surface area contributed by atoms with Gasteiger partial charge in [-0.2, -0.15) is 0 Å². The summed E-state index contributed by atoms with van der Waals surface area (Å²) in [6, 6.07) is 6.61. The van der Waals surface area contributed by atoms with Crippen LogP contribution in [0.15, 0.2) is 55.9 Å². The minimum absolute atomic E-state index is 0.0806. The van der Waals surface area contributed by atoms with E-state index in [4.69, 9.17) is 9.47 Å². The number of fused-ring (bicyclic) bond motifs is 1. The average Bonchev–Trinajstić information content (AvgIpc) is 3.24. The van der Waals surface area contributed by atoms with Crippen molar-refractivity contribution in [1.29, 1.82) is 0 Å². The number of methoxy groups -OCH3 is 2. The van der Waals surface area contributed by atoms with Gasteiger partial charge in [-0.1, -0.05) is 11.3 Å². The van der Waals surface area contributed by atoms with E-state index in [0.29, 0.717) is 46.2 Å². The molecule has 1 aliphatic heterocycles. The van der Waals surface area contributed by atoms with Crippen molar-refractivity contribution in [3.63, 3.8) is 0 Å². The number of thiazole rings is 1. The first-order valence-electron chi connectivity index (χ1n) is 12.3. The van der Waals surface area contributed by atoms with Crippen LogP contribution in [0.25, 0.3) is 6.08 Å². The molecule has 1 aromatic heterocycles. The summed E-state index contributed by atoms with van der Waals surface area (Å²) < 4.78 is 12.8. The second kappa shape index (κ2) is 11.6. The predicted octanol–water partition coefficient (Wildman–Crippen LogP) is 3.50. The Morgan fingerprint density at radius 2 is 1.95 bits per heavy atom. The Hall–Kier alpha value is -3.97. The molecule has 0 aliphatic carbocycles. The number of phenols is 1. The summed E-state index contributed by atoms with van der Waals surface area (Å²) in [5.74, 6) is 0.431. The lowest BCUT2D eigenvalue weighted by Gasteiger charge is -2.30. The maximum Gasteiger partial charge on any atom is 0.271 e. The Kier molecular flexibility index (Phi) is 8.45. The summed E-state index contributed by atoms with van der Waals surface area (Å²) in [7, 11) is 3.02. The Morgan fingerprint density at radius 1 is 1.25 bits per heavy atom. The highest BCUT2D eigenvalue weighted by molar-refractivity contribution is 9.10. The molecule has 0 bridgehead atoms. The number of ether oxygens (including phenoxy) is 2. The molecule has 210 valence electrons.